The van der Waals surface area contributed by atoms with Gasteiger partial charge in [-0.3, -0.25) is 0 Å². The summed E-state index contributed by atoms with van der Waals surface area (Å²) in [5.41, 5.74) is -1.47. The molecular weight excluding hydrogens is 511 g/mol. The van der Waals surface area contributed by atoms with E-state index in [0.717, 1.165) is 11.8 Å². The molecule has 0 aliphatic carbocycles. The number of rotatable bonds is 11. The maximum Gasteiger partial charge on any atom is 0.116 e. The summed E-state index contributed by atoms with van der Waals surface area (Å²) in [6.07, 6.45) is -0.540. The van der Waals surface area contributed by atoms with E-state index in [0.29, 0.717) is 11.1 Å². The molecular formula is C26H34O5Sn. The second-order valence-electron chi connectivity index (χ2n) is 8.88. The van der Waals surface area contributed by atoms with Gasteiger partial charge in [0.2, 0.25) is 0 Å². The third kappa shape index (κ3) is 10.2. The van der Waals surface area contributed by atoms with Crippen molar-refractivity contribution in [2.45, 2.75) is 55.0 Å². The van der Waals surface area contributed by atoms with Crippen LogP contribution in [0.25, 0.3) is 0 Å². The molecule has 6 heteroatoms. The minimum atomic E-state index is -2.56. The number of aliphatic hydroxyl groups is 1. The van der Waals surface area contributed by atoms with Crippen LogP contribution < -0.4 is 10.2 Å². The van der Waals surface area contributed by atoms with E-state index >= 15 is 0 Å². The molecule has 0 aliphatic heterocycles. The number of carbonyl (C=O) groups is 2. The van der Waals surface area contributed by atoms with Gasteiger partial charge in [-0.15, -0.1) is 0 Å². The summed E-state index contributed by atoms with van der Waals surface area (Å²) in [5, 5.41) is 33.5. The molecule has 0 heterocycles. The van der Waals surface area contributed by atoms with Crippen molar-refractivity contribution >= 4 is 33.1 Å². The van der Waals surface area contributed by atoms with Crippen molar-refractivity contribution < 1.29 is 24.9 Å². The summed E-state index contributed by atoms with van der Waals surface area (Å²) in [5.74, 6) is -3.15. The van der Waals surface area contributed by atoms with Crippen LogP contribution in [-0.2, 0) is 22.4 Å². The third-order valence-corrected chi connectivity index (χ3v) is 11.2. The van der Waals surface area contributed by atoms with Gasteiger partial charge in [0.05, 0.1) is 5.97 Å². The molecule has 1 N–H and O–H groups in total. The van der Waals surface area contributed by atoms with E-state index in [2.05, 4.69) is 27.7 Å². The molecule has 2 aromatic carbocycles. The van der Waals surface area contributed by atoms with Crippen LogP contribution in [0.4, 0.5) is 0 Å². The van der Waals surface area contributed by atoms with Crippen LogP contribution in [0.5, 0.6) is 0 Å². The Bertz CT molecular complexity index is 799. The van der Waals surface area contributed by atoms with E-state index in [9.17, 15) is 24.9 Å². The van der Waals surface area contributed by atoms with Gasteiger partial charge in [0.1, 0.15) is 5.60 Å². The van der Waals surface area contributed by atoms with E-state index in [-0.39, 0.29) is 34.0 Å². The van der Waals surface area contributed by atoms with Gasteiger partial charge in [-0.2, -0.15) is 0 Å². The van der Waals surface area contributed by atoms with Crippen LogP contribution in [-0.4, -0.2) is 43.8 Å². The minimum absolute atomic E-state index is 0.0709. The Kier molecular flexibility index (Phi) is 12.6. The molecule has 2 atom stereocenters. The van der Waals surface area contributed by atoms with Crippen molar-refractivity contribution in [1.82, 2.24) is 0 Å². The van der Waals surface area contributed by atoms with Gasteiger partial charge in [0.25, 0.3) is 0 Å². The Labute approximate surface area is 202 Å². The van der Waals surface area contributed by atoms with E-state index in [4.69, 9.17) is 0 Å². The SMILES string of the molecule is CC(C)[CH2][Sn+2][CH2]C(C)C.O=C([O-])C(Cc1ccccc1)C(O)(Cc1ccccc1)C(=O)[O-]. The number of carbonyl (C=O) groups excluding carboxylic acids is 2. The molecule has 0 radical (unpaired) electrons. The van der Waals surface area contributed by atoms with Crippen LogP contribution in [0, 0.1) is 17.8 Å². The molecule has 5 nitrogen and oxygen atoms in total. The van der Waals surface area contributed by atoms with Crippen molar-refractivity contribution in [1.29, 1.82) is 0 Å². The zero-order chi connectivity index (χ0) is 24.1. The van der Waals surface area contributed by atoms with Crippen molar-refractivity contribution in [2.24, 2.45) is 17.8 Å². The monoisotopic (exact) mass is 546 g/mol. The Morgan fingerprint density at radius 1 is 0.844 bits per heavy atom. The van der Waals surface area contributed by atoms with Gasteiger partial charge >= 0.3 is 69.5 Å². The summed E-state index contributed by atoms with van der Waals surface area (Å²) in [6.45, 7) is 9.34. The average molecular weight is 545 g/mol. The van der Waals surface area contributed by atoms with Crippen LogP contribution in [0.3, 0.4) is 0 Å². The minimum Gasteiger partial charge on any atom is -0.550 e. The van der Waals surface area contributed by atoms with Crippen molar-refractivity contribution in [3.8, 4) is 0 Å². The number of benzene rings is 2. The first-order valence-electron chi connectivity index (χ1n) is 11.0. The molecule has 2 rings (SSSR count). The number of hydrogen-bond acceptors (Lipinski definition) is 5. The Hall–Kier alpha value is -1.86. The van der Waals surface area contributed by atoms with Crippen molar-refractivity contribution in [3.05, 3.63) is 71.8 Å². The van der Waals surface area contributed by atoms with Gasteiger partial charge in [-0.25, -0.2) is 0 Å². The molecule has 0 aliphatic rings. The number of hydrogen-bond donors (Lipinski definition) is 1. The van der Waals surface area contributed by atoms with Crippen LogP contribution in [0.2, 0.25) is 8.87 Å². The van der Waals surface area contributed by atoms with Gasteiger partial charge in [-0.05, 0) is 17.5 Å². The van der Waals surface area contributed by atoms with E-state index in [1.165, 1.54) is 0 Å². The molecule has 0 spiro atoms. The van der Waals surface area contributed by atoms with Crippen molar-refractivity contribution in [2.75, 3.05) is 0 Å². The standard InChI is InChI=1S/C18H18O5.2C4H9.Sn/c19-16(20)15(11-13-7-3-1-4-8-13)18(23,17(21)22)12-14-9-5-2-6-10-14;2*1-4(2)3;/h1-10,15,23H,11-12H2,(H,19,20)(H,21,22);2*4H,1H2,2-3H3;/q;;;+2/p-2. The topological polar surface area (TPSA) is 100 Å². The van der Waals surface area contributed by atoms with Gasteiger partial charge in [0, 0.05) is 18.3 Å². The molecule has 0 fully saturated rings. The van der Waals surface area contributed by atoms with E-state index < -0.39 is 23.5 Å². The largest absolute Gasteiger partial charge is 0.550 e. The predicted octanol–water partition coefficient (Wildman–Crippen LogP) is 2.16. The molecule has 32 heavy (non-hydrogen) atoms. The summed E-state index contributed by atoms with van der Waals surface area (Å²) in [7, 11) is 0. The molecule has 2 unspecified atom stereocenters. The summed E-state index contributed by atoms with van der Waals surface area (Å²) in [6, 6.07) is 16.8. The molecule has 0 bridgehead atoms. The van der Waals surface area contributed by atoms with Gasteiger partial charge in [0.15, 0.2) is 0 Å². The molecule has 2 aromatic rings. The third-order valence-electron chi connectivity index (χ3n) is 4.92. The number of carboxylic acid groups (broad SMARTS) is 2. The second-order valence-corrected chi connectivity index (χ2v) is 12.6. The summed E-state index contributed by atoms with van der Waals surface area (Å²) < 4.78 is 3.14. The van der Waals surface area contributed by atoms with E-state index in [1.807, 2.05) is 0 Å². The molecule has 0 saturated heterocycles. The maximum atomic E-state index is 11.5. The fourth-order valence-electron chi connectivity index (χ4n) is 3.20. The van der Waals surface area contributed by atoms with E-state index in [1.54, 1.807) is 69.5 Å². The number of aliphatic carboxylic acids is 2. The Balaban J connectivity index is 0.000000482. The fraction of sp³-hybridized carbons (Fsp3) is 0.462. The first-order chi connectivity index (χ1) is 15.1. The normalized spacial score (nSPS) is 13.5. The molecule has 172 valence electrons. The maximum absolute atomic E-state index is 11.5. The van der Waals surface area contributed by atoms with Gasteiger partial charge in [-0.1, -0.05) is 60.7 Å². The van der Waals surface area contributed by atoms with Crippen LogP contribution >= 0.6 is 0 Å². The smallest absolute Gasteiger partial charge is 0.116 e. The predicted molar refractivity (Wildman–Crippen MR) is 124 cm³/mol. The molecule has 0 saturated carbocycles. The fourth-order valence-corrected chi connectivity index (χ4v) is 6.97. The second kappa shape index (κ2) is 14.3. The molecule has 0 amide bonds. The summed E-state index contributed by atoms with van der Waals surface area (Å²) in [4.78, 5) is 23.0. The zero-order valence-electron chi connectivity index (χ0n) is 19.4. The first-order valence-corrected chi connectivity index (χ1v) is 15.0. The quantitative estimate of drug-likeness (QED) is 0.437. The van der Waals surface area contributed by atoms with Crippen molar-refractivity contribution in [3.63, 3.8) is 0 Å². The molecule has 0 aromatic heterocycles. The van der Waals surface area contributed by atoms with Crippen LogP contribution in [0.15, 0.2) is 60.7 Å². The zero-order valence-corrected chi connectivity index (χ0v) is 22.3. The first kappa shape index (κ1) is 28.2. The average Bonchev–Trinajstić information content (AvgIpc) is 2.73. The summed E-state index contributed by atoms with van der Waals surface area (Å²) >= 11 is 0.0709. The van der Waals surface area contributed by atoms with Crippen LogP contribution in [0.1, 0.15) is 38.8 Å². The van der Waals surface area contributed by atoms with Gasteiger partial charge < -0.3 is 24.9 Å². The number of carboxylic acids is 2. The Morgan fingerprint density at radius 2 is 1.28 bits per heavy atom. The Morgan fingerprint density at radius 3 is 1.66 bits per heavy atom.